The van der Waals surface area contributed by atoms with Gasteiger partial charge in [-0.1, -0.05) is 13.3 Å². The number of fused-ring (bicyclic) bond motifs is 1. The summed E-state index contributed by atoms with van der Waals surface area (Å²) < 4.78 is 7.65. The first-order chi connectivity index (χ1) is 15.1. The molecule has 3 aromatic rings. The summed E-state index contributed by atoms with van der Waals surface area (Å²) in [6.07, 6.45) is 6.27. The summed E-state index contributed by atoms with van der Waals surface area (Å²) in [5.41, 5.74) is 10.5. The van der Waals surface area contributed by atoms with Crippen LogP contribution in [0.2, 0.25) is 0 Å². The molecule has 0 aliphatic carbocycles. The van der Waals surface area contributed by atoms with Crippen molar-refractivity contribution in [3.63, 3.8) is 0 Å². The number of piperidine rings is 1. The molecule has 9 nitrogen and oxygen atoms in total. The van der Waals surface area contributed by atoms with E-state index >= 15 is 0 Å². The first-order valence-electron chi connectivity index (χ1n) is 11.1. The van der Waals surface area contributed by atoms with Crippen molar-refractivity contribution in [2.24, 2.45) is 0 Å². The van der Waals surface area contributed by atoms with E-state index in [0.717, 1.165) is 84.9 Å². The van der Waals surface area contributed by atoms with Crippen LogP contribution in [0.3, 0.4) is 0 Å². The molecule has 1 saturated heterocycles. The van der Waals surface area contributed by atoms with E-state index in [1.165, 1.54) is 0 Å². The van der Waals surface area contributed by atoms with Crippen LogP contribution in [0.5, 0.6) is 5.75 Å². The second kappa shape index (κ2) is 9.47. The molecule has 9 heteroatoms. The fourth-order valence-corrected chi connectivity index (χ4v) is 4.16. The van der Waals surface area contributed by atoms with Crippen LogP contribution in [-0.2, 0) is 6.54 Å². The molecule has 0 saturated carbocycles. The van der Waals surface area contributed by atoms with Gasteiger partial charge in [0.25, 0.3) is 0 Å². The zero-order chi connectivity index (χ0) is 21.8. The van der Waals surface area contributed by atoms with Crippen LogP contribution in [0.4, 0.5) is 11.8 Å². The van der Waals surface area contributed by atoms with E-state index in [0.29, 0.717) is 12.5 Å². The van der Waals surface area contributed by atoms with E-state index < -0.39 is 0 Å². The van der Waals surface area contributed by atoms with Crippen LogP contribution >= 0.6 is 0 Å². The third-order valence-corrected chi connectivity index (χ3v) is 5.86. The Morgan fingerprint density at radius 1 is 1.29 bits per heavy atom. The number of anilines is 2. The lowest BCUT2D eigenvalue weighted by atomic mass is 9.93. The van der Waals surface area contributed by atoms with Crippen molar-refractivity contribution in [2.45, 2.75) is 52.0 Å². The number of aryl methyl sites for hydroxylation is 1. The number of unbranched alkanes of at least 4 members (excludes halogenated alkanes) is 1. The summed E-state index contributed by atoms with van der Waals surface area (Å²) >= 11 is 0. The van der Waals surface area contributed by atoms with Crippen molar-refractivity contribution in [3.8, 4) is 5.75 Å². The molecule has 0 spiro atoms. The summed E-state index contributed by atoms with van der Waals surface area (Å²) in [5.74, 6) is 2.28. The molecule has 3 aromatic heterocycles. The fourth-order valence-electron chi connectivity index (χ4n) is 4.16. The van der Waals surface area contributed by atoms with Crippen molar-refractivity contribution in [3.05, 3.63) is 29.2 Å². The summed E-state index contributed by atoms with van der Waals surface area (Å²) in [6, 6.07) is 2.08. The second-order valence-corrected chi connectivity index (χ2v) is 8.10. The molecule has 4 rings (SSSR count). The third kappa shape index (κ3) is 4.56. The Kier molecular flexibility index (Phi) is 6.50. The quantitative estimate of drug-likeness (QED) is 0.473. The Labute approximate surface area is 182 Å². The third-order valence-electron chi connectivity index (χ3n) is 5.86. The molecule has 0 radical (unpaired) electrons. The molecule has 0 atom stereocenters. The van der Waals surface area contributed by atoms with Crippen LogP contribution in [0.25, 0.3) is 11.0 Å². The number of nitrogens with one attached hydrogen (secondary N) is 2. The van der Waals surface area contributed by atoms with Crippen LogP contribution < -0.4 is 21.1 Å². The zero-order valence-electron chi connectivity index (χ0n) is 18.6. The molecule has 31 heavy (non-hydrogen) atoms. The predicted molar refractivity (Wildman–Crippen MR) is 123 cm³/mol. The van der Waals surface area contributed by atoms with Crippen molar-refractivity contribution in [2.75, 3.05) is 37.8 Å². The van der Waals surface area contributed by atoms with Crippen molar-refractivity contribution >= 4 is 22.8 Å². The molecule has 166 valence electrons. The maximum absolute atomic E-state index is 5.96. The topological polar surface area (TPSA) is 116 Å². The van der Waals surface area contributed by atoms with E-state index in [9.17, 15) is 0 Å². The maximum Gasteiger partial charge on any atom is 0.222 e. The molecule has 4 N–H and O–H groups in total. The molecular weight excluding hydrogens is 392 g/mol. The number of nitrogens with two attached hydrogens (primary N) is 1. The van der Waals surface area contributed by atoms with E-state index in [1.807, 2.05) is 17.8 Å². The molecule has 1 fully saturated rings. The Balaban J connectivity index is 1.67. The van der Waals surface area contributed by atoms with E-state index in [-0.39, 0.29) is 5.95 Å². The Morgan fingerprint density at radius 2 is 2.10 bits per heavy atom. The molecule has 0 amide bonds. The number of rotatable bonds is 8. The van der Waals surface area contributed by atoms with Gasteiger partial charge in [0, 0.05) is 36.0 Å². The van der Waals surface area contributed by atoms with Crippen LogP contribution in [-0.4, -0.2) is 51.5 Å². The highest BCUT2D eigenvalue weighted by molar-refractivity contribution is 5.88. The smallest absolute Gasteiger partial charge is 0.222 e. The highest BCUT2D eigenvalue weighted by atomic mass is 16.5. The number of methoxy groups -OCH3 is 1. The van der Waals surface area contributed by atoms with Gasteiger partial charge in [0.05, 0.1) is 19.3 Å². The minimum absolute atomic E-state index is 0.250. The van der Waals surface area contributed by atoms with Gasteiger partial charge >= 0.3 is 0 Å². The van der Waals surface area contributed by atoms with Crippen LogP contribution in [0.15, 0.2) is 12.3 Å². The summed E-state index contributed by atoms with van der Waals surface area (Å²) in [6.45, 7) is 7.51. The number of hydrogen-bond acceptors (Lipinski definition) is 8. The molecule has 4 heterocycles. The average Bonchev–Trinajstić information content (AvgIpc) is 3.09. The largest absolute Gasteiger partial charge is 0.496 e. The zero-order valence-corrected chi connectivity index (χ0v) is 18.6. The van der Waals surface area contributed by atoms with Crippen LogP contribution in [0, 0.1) is 6.92 Å². The monoisotopic (exact) mass is 424 g/mol. The fraction of sp³-hybridized carbons (Fsp3) is 0.545. The SMILES string of the molecule is CCCCNc1nc(N)nc2c(C)nn(Cc3cnc(C4CCNCC4)cc3OC)c12. The lowest BCUT2D eigenvalue weighted by Crippen LogP contribution is -2.27. The first kappa shape index (κ1) is 21.3. The van der Waals surface area contributed by atoms with E-state index in [1.54, 1.807) is 7.11 Å². The van der Waals surface area contributed by atoms with Crippen LogP contribution in [0.1, 0.15) is 55.5 Å². The first-order valence-corrected chi connectivity index (χ1v) is 11.1. The lowest BCUT2D eigenvalue weighted by Gasteiger charge is -2.23. The van der Waals surface area contributed by atoms with Gasteiger partial charge in [-0.15, -0.1) is 0 Å². The highest BCUT2D eigenvalue weighted by Gasteiger charge is 2.20. The Morgan fingerprint density at radius 3 is 2.84 bits per heavy atom. The molecule has 1 aliphatic rings. The number of aromatic nitrogens is 5. The van der Waals surface area contributed by atoms with Gasteiger partial charge in [-0.05, 0) is 39.3 Å². The summed E-state index contributed by atoms with van der Waals surface area (Å²) in [5, 5.41) is 11.5. The standard InChI is InChI=1S/C22H32N8O/c1-4-5-8-25-21-20-19(27-22(23)28-21)14(2)29-30(20)13-16-12-26-17(11-18(16)31-3)15-6-9-24-10-7-15/h11-12,15,24H,4-10,13H2,1-3H3,(H3,23,25,27,28). The molecule has 0 aromatic carbocycles. The molecule has 0 unspecified atom stereocenters. The van der Waals surface area contributed by atoms with E-state index in [4.69, 9.17) is 20.6 Å². The van der Waals surface area contributed by atoms with Gasteiger partial charge in [0.15, 0.2) is 5.82 Å². The maximum atomic E-state index is 5.96. The molecule has 0 bridgehead atoms. The van der Waals surface area contributed by atoms with Gasteiger partial charge in [0.1, 0.15) is 16.8 Å². The van der Waals surface area contributed by atoms with E-state index in [2.05, 4.69) is 33.6 Å². The normalized spacial score (nSPS) is 14.8. The second-order valence-electron chi connectivity index (χ2n) is 8.10. The number of ether oxygens (including phenoxy) is 1. The number of pyridine rings is 1. The van der Waals surface area contributed by atoms with Gasteiger partial charge in [-0.2, -0.15) is 10.1 Å². The van der Waals surface area contributed by atoms with Gasteiger partial charge in [-0.25, -0.2) is 4.98 Å². The number of nitrogen functional groups attached to an aromatic ring is 1. The number of nitrogens with zero attached hydrogens (tertiary/aromatic N) is 5. The van der Waals surface area contributed by atoms with Crippen molar-refractivity contribution in [1.29, 1.82) is 0 Å². The summed E-state index contributed by atoms with van der Waals surface area (Å²) in [7, 11) is 1.71. The minimum atomic E-state index is 0.250. The molecule has 1 aliphatic heterocycles. The lowest BCUT2D eigenvalue weighted by molar-refractivity contribution is 0.402. The molecular formula is C22H32N8O. The minimum Gasteiger partial charge on any atom is -0.496 e. The van der Waals surface area contributed by atoms with Gasteiger partial charge in [-0.3, -0.25) is 9.67 Å². The Hall–Kier alpha value is -2.94. The van der Waals surface area contributed by atoms with Gasteiger partial charge < -0.3 is 21.1 Å². The predicted octanol–water partition coefficient (Wildman–Crippen LogP) is 2.85. The average molecular weight is 425 g/mol. The van der Waals surface area contributed by atoms with Gasteiger partial charge in [0.2, 0.25) is 5.95 Å². The van der Waals surface area contributed by atoms with Crippen molar-refractivity contribution < 1.29 is 4.74 Å². The Bertz CT molecular complexity index is 1040. The highest BCUT2D eigenvalue weighted by Crippen LogP contribution is 2.30. The number of hydrogen-bond donors (Lipinski definition) is 3. The van der Waals surface area contributed by atoms with Crippen molar-refractivity contribution in [1.82, 2.24) is 30.0 Å². The summed E-state index contributed by atoms with van der Waals surface area (Å²) in [4.78, 5) is 13.7.